The van der Waals surface area contributed by atoms with Gasteiger partial charge in [0.15, 0.2) is 0 Å². The third kappa shape index (κ3) is 3.78. The number of carbonyl (C=O) groups excluding carboxylic acids is 1. The van der Waals surface area contributed by atoms with Gasteiger partial charge in [-0.2, -0.15) is 0 Å². The summed E-state index contributed by atoms with van der Waals surface area (Å²) in [6.07, 6.45) is 4.70. The normalized spacial score (nSPS) is 10.9. The number of hydrogen-bond donors (Lipinski definition) is 2. The van der Waals surface area contributed by atoms with Crippen LogP contribution in [0.4, 0.5) is 17.2 Å². The van der Waals surface area contributed by atoms with Gasteiger partial charge in [0.25, 0.3) is 0 Å². The van der Waals surface area contributed by atoms with Gasteiger partial charge in [-0.15, -0.1) is 0 Å². The van der Waals surface area contributed by atoms with Crippen LogP contribution in [0.2, 0.25) is 0 Å². The van der Waals surface area contributed by atoms with Gasteiger partial charge in [0.1, 0.15) is 12.1 Å². The molecule has 0 aliphatic heterocycles. The number of nitrogens with zero attached hydrogens (tertiary/aromatic N) is 2. The molecule has 0 radical (unpaired) electrons. The summed E-state index contributed by atoms with van der Waals surface area (Å²) in [6.45, 7) is 1.80. The molecule has 1 aromatic heterocycles. The van der Waals surface area contributed by atoms with Crippen LogP contribution in [0.3, 0.4) is 0 Å². The van der Waals surface area contributed by atoms with Gasteiger partial charge in [-0.05, 0) is 49.4 Å². The first-order valence-corrected chi connectivity index (χ1v) is 8.16. The van der Waals surface area contributed by atoms with Gasteiger partial charge in [-0.3, -0.25) is 4.79 Å². The van der Waals surface area contributed by atoms with Crippen molar-refractivity contribution in [1.29, 1.82) is 0 Å². The molecule has 3 aromatic rings. The van der Waals surface area contributed by atoms with Gasteiger partial charge in [0.05, 0.1) is 5.52 Å². The minimum absolute atomic E-state index is 0.161. The van der Waals surface area contributed by atoms with Gasteiger partial charge in [0, 0.05) is 21.2 Å². The number of allylic oxidation sites excluding steroid dienone is 1. The molecule has 0 bridgehead atoms. The zero-order valence-electron chi connectivity index (χ0n) is 13.0. The largest absolute Gasteiger partial charge is 0.340 e. The van der Waals surface area contributed by atoms with E-state index in [-0.39, 0.29) is 5.91 Å². The van der Waals surface area contributed by atoms with Gasteiger partial charge in [-0.1, -0.05) is 28.1 Å². The van der Waals surface area contributed by atoms with Crippen LogP contribution in [0, 0.1) is 0 Å². The number of rotatable bonds is 4. The fourth-order valence-electron chi connectivity index (χ4n) is 2.28. The Hall–Kier alpha value is -2.73. The Bertz CT molecular complexity index is 924. The first-order valence-electron chi connectivity index (χ1n) is 7.37. The summed E-state index contributed by atoms with van der Waals surface area (Å²) in [5.74, 6) is 0.546. The van der Waals surface area contributed by atoms with Crippen molar-refractivity contribution in [2.24, 2.45) is 0 Å². The van der Waals surface area contributed by atoms with E-state index in [9.17, 15) is 4.79 Å². The molecule has 6 heteroatoms. The monoisotopic (exact) mass is 382 g/mol. The fraction of sp³-hybridized carbons (Fsp3) is 0.0556. The van der Waals surface area contributed by atoms with E-state index in [2.05, 4.69) is 36.5 Å². The van der Waals surface area contributed by atoms with E-state index in [1.165, 1.54) is 12.4 Å². The molecule has 3 rings (SSSR count). The minimum Gasteiger partial charge on any atom is -0.340 e. The summed E-state index contributed by atoms with van der Waals surface area (Å²) in [6, 6.07) is 13.3. The number of carbonyl (C=O) groups is 1. The summed E-state index contributed by atoms with van der Waals surface area (Å²) in [7, 11) is 0. The molecular formula is C18H15BrN4O. The summed E-state index contributed by atoms with van der Waals surface area (Å²) >= 11 is 3.47. The SMILES string of the molecule is CC=CC(=O)Nc1cccc(Nc2ncnc3ccc(Br)cc23)c1. The van der Waals surface area contributed by atoms with Crippen LogP contribution >= 0.6 is 15.9 Å². The number of anilines is 3. The van der Waals surface area contributed by atoms with Crippen molar-refractivity contribution >= 4 is 49.9 Å². The molecule has 0 saturated carbocycles. The average molecular weight is 383 g/mol. The van der Waals surface area contributed by atoms with E-state index in [0.29, 0.717) is 11.5 Å². The van der Waals surface area contributed by atoms with Gasteiger partial charge in [-0.25, -0.2) is 9.97 Å². The number of aromatic nitrogens is 2. The lowest BCUT2D eigenvalue weighted by molar-refractivity contribution is -0.111. The zero-order chi connectivity index (χ0) is 16.9. The molecule has 5 nitrogen and oxygen atoms in total. The maximum Gasteiger partial charge on any atom is 0.248 e. The number of hydrogen-bond acceptors (Lipinski definition) is 4. The van der Waals surface area contributed by atoms with Crippen molar-refractivity contribution in [3.63, 3.8) is 0 Å². The Morgan fingerprint density at radius 3 is 2.79 bits per heavy atom. The summed E-state index contributed by atoms with van der Waals surface area (Å²) in [5, 5.41) is 7.00. The van der Waals surface area contributed by atoms with E-state index in [1.807, 2.05) is 42.5 Å². The van der Waals surface area contributed by atoms with E-state index in [0.717, 1.165) is 21.1 Å². The molecule has 1 heterocycles. The van der Waals surface area contributed by atoms with E-state index < -0.39 is 0 Å². The summed E-state index contributed by atoms with van der Waals surface area (Å²) in [5.41, 5.74) is 2.39. The topological polar surface area (TPSA) is 66.9 Å². The Morgan fingerprint density at radius 2 is 1.96 bits per heavy atom. The highest BCUT2D eigenvalue weighted by Gasteiger charge is 2.06. The van der Waals surface area contributed by atoms with Crippen molar-refractivity contribution in [3.8, 4) is 0 Å². The van der Waals surface area contributed by atoms with E-state index >= 15 is 0 Å². The number of benzene rings is 2. The zero-order valence-corrected chi connectivity index (χ0v) is 14.5. The standard InChI is InChI=1S/C18H15BrN4O/c1-2-4-17(24)22-13-5-3-6-14(10-13)23-18-15-9-12(19)7-8-16(15)20-11-21-18/h2-11H,1H3,(H,22,24)(H,20,21,23). The molecule has 0 aliphatic carbocycles. The second-order valence-electron chi connectivity index (χ2n) is 5.08. The van der Waals surface area contributed by atoms with Crippen LogP contribution in [0.1, 0.15) is 6.92 Å². The van der Waals surface area contributed by atoms with Crippen molar-refractivity contribution in [1.82, 2.24) is 9.97 Å². The Labute approximate surface area is 148 Å². The molecule has 0 spiro atoms. The molecule has 0 saturated heterocycles. The highest BCUT2D eigenvalue weighted by atomic mass is 79.9. The maximum atomic E-state index is 11.7. The number of fused-ring (bicyclic) bond motifs is 1. The fourth-order valence-corrected chi connectivity index (χ4v) is 2.64. The van der Waals surface area contributed by atoms with Crippen LogP contribution in [0.15, 0.2) is 65.4 Å². The molecule has 0 aliphatic rings. The van der Waals surface area contributed by atoms with Crippen LogP contribution < -0.4 is 10.6 Å². The first-order chi connectivity index (χ1) is 11.7. The molecule has 1 amide bonds. The summed E-state index contributed by atoms with van der Waals surface area (Å²) < 4.78 is 0.959. The predicted molar refractivity (Wildman–Crippen MR) is 100 cm³/mol. The van der Waals surface area contributed by atoms with Gasteiger partial charge >= 0.3 is 0 Å². The highest BCUT2D eigenvalue weighted by molar-refractivity contribution is 9.10. The maximum absolute atomic E-state index is 11.7. The lowest BCUT2D eigenvalue weighted by Gasteiger charge is -2.10. The number of nitrogens with one attached hydrogen (secondary N) is 2. The molecule has 0 fully saturated rings. The quantitative estimate of drug-likeness (QED) is 0.644. The number of halogens is 1. The van der Waals surface area contributed by atoms with E-state index in [1.54, 1.807) is 13.0 Å². The lowest BCUT2D eigenvalue weighted by Crippen LogP contribution is -2.07. The summed E-state index contributed by atoms with van der Waals surface area (Å²) in [4.78, 5) is 20.2. The van der Waals surface area contributed by atoms with Crippen LogP contribution in [0.25, 0.3) is 10.9 Å². The second-order valence-corrected chi connectivity index (χ2v) is 5.99. The molecular weight excluding hydrogens is 368 g/mol. The second kappa shape index (κ2) is 7.23. The van der Waals surface area contributed by atoms with Crippen molar-refractivity contribution in [2.45, 2.75) is 6.92 Å². The Balaban J connectivity index is 1.89. The average Bonchev–Trinajstić information content (AvgIpc) is 2.56. The first kappa shape index (κ1) is 16.1. The van der Waals surface area contributed by atoms with Crippen LogP contribution in [-0.4, -0.2) is 15.9 Å². The highest BCUT2D eigenvalue weighted by Crippen LogP contribution is 2.26. The Morgan fingerprint density at radius 1 is 1.12 bits per heavy atom. The molecule has 2 aromatic carbocycles. The lowest BCUT2D eigenvalue weighted by atomic mass is 10.2. The van der Waals surface area contributed by atoms with E-state index in [4.69, 9.17) is 0 Å². The van der Waals surface area contributed by atoms with Crippen LogP contribution in [0.5, 0.6) is 0 Å². The molecule has 24 heavy (non-hydrogen) atoms. The molecule has 120 valence electrons. The third-order valence-electron chi connectivity index (χ3n) is 3.31. The van der Waals surface area contributed by atoms with Gasteiger partial charge in [0.2, 0.25) is 5.91 Å². The van der Waals surface area contributed by atoms with Crippen LogP contribution in [-0.2, 0) is 4.79 Å². The molecule has 0 unspecified atom stereocenters. The third-order valence-corrected chi connectivity index (χ3v) is 3.80. The molecule has 0 atom stereocenters. The number of amides is 1. The molecule has 2 N–H and O–H groups in total. The van der Waals surface area contributed by atoms with Crippen molar-refractivity contribution < 1.29 is 4.79 Å². The Kier molecular flexibility index (Phi) is 4.86. The van der Waals surface area contributed by atoms with Gasteiger partial charge < -0.3 is 10.6 Å². The van der Waals surface area contributed by atoms with Crippen molar-refractivity contribution in [2.75, 3.05) is 10.6 Å². The minimum atomic E-state index is -0.161. The smallest absolute Gasteiger partial charge is 0.248 e. The van der Waals surface area contributed by atoms with Crippen molar-refractivity contribution in [3.05, 3.63) is 65.4 Å². The predicted octanol–water partition coefficient (Wildman–Crippen LogP) is 4.65.